The molecule has 7 heteroatoms. The fraction of sp³-hybridized carbons (Fsp3) is 0.450. The molecule has 2 heterocycles. The Bertz CT molecular complexity index is 841. The maximum atomic E-state index is 13.2. The minimum absolute atomic E-state index is 0.141. The first-order chi connectivity index (χ1) is 12.8. The zero-order valence-electron chi connectivity index (χ0n) is 15.7. The van der Waals surface area contributed by atoms with Gasteiger partial charge in [0.1, 0.15) is 10.3 Å². The number of carbonyl (C=O) groups is 1. The van der Waals surface area contributed by atoms with Gasteiger partial charge in [0, 0.05) is 13.1 Å². The summed E-state index contributed by atoms with van der Waals surface area (Å²) in [6, 6.07) is 12.0. The third-order valence-corrected chi connectivity index (χ3v) is 7.69. The lowest BCUT2D eigenvalue weighted by Gasteiger charge is -2.37. The minimum Gasteiger partial charge on any atom is -0.341 e. The number of nitrogens with zero attached hydrogens (tertiary/aromatic N) is 1. The number of amides is 1. The molecule has 0 spiro atoms. The predicted molar refractivity (Wildman–Crippen MR) is 108 cm³/mol. The molecule has 0 bridgehead atoms. The van der Waals surface area contributed by atoms with Gasteiger partial charge in [0.2, 0.25) is 5.91 Å². The molecule has 0 unspecified atom stereocenters. The highest BCUT2D eigenvalue weighted by molar-refractivity contribution is 7.91. The lowest BCUT2D eigenvalue weighted by molar-refractivity contribution is -0.135. The highest BCUT2D eigenvalue weighted by Gasteiger charge is 2.33. The summed E-state index contributed by atoms with van der Waals surface area (Å²) in [5.41, 5.74) is 0.933. The number of rotatable bonds is 6. The van der Waals surface area contributed by atoms with Crippen molar-refractivity contribution in [3.05, 3.63) is 53.4 Å². The summed E-state index contributed by atoms with van der Waals surface area (Å²) < 4.78 is 28.4. The van der Waals surface area contributed by atoms with E-state index < -0.39 is 16.1 Å². The molecule has 146 valence electrons. The van der Waals surface area contributed by atoms with Gasteiger partial charge < -0.3 is 4.90 Å². The van der Waals surface area contributed by atoms with Crippen LogP contribution in [-0.4, -0.2) is 38.4 Å². The lowest BCUT2D eigenvalue weighted by Crippen LogP contribution is -2.53. The Labute approximate surface area is 165 Å². The normalized spacial score (nSPS) is 21.8. The molecule has 1 aliphatic rings. The largest absolute Gasteiger partial charge is 0.341 e. The van der Waals surface area contributed by atoms with Crippen LogP contribution in [0.5, 0.6) is 0 Å². The van der Waals surface area contributed by atoms with Crippen LogP contribution in [0.3, 0.4) is 0 Å². The quantitative estimate of drug-likeness (QED) is 0.801. The Morgan fingerprint density at radius 1 is 1.15 bits per heavy atom. The number of nitrogens with one attached hydrogen (secondary N) is 1. The van der Waals surface area contributed by atoms with Crippen LogP contribution in [-0.2, 0) is 21.2 Å². The van der Waals surface area contributed by atoms with Crippen LogP contribution in [0.2, 0.25) is 0 Å². The van der Waals surface area contributed by atoms with Crippen LogP contribution in [0.1, 0.15) is 25.8 Å². The first-order valence-electron chi connectivity index (χ1n) is 9.23. The summed E-state index contributed by atoms with van der Waals surface area (Å²) in [4.78, 5) is 15.1. The molecule has 1 N–H and O–H groups in total. The van der Waals surface area contributed by atoms with Gasteiger partial charge in [-0.05, 0) is 41.7 Å². The van der Waals surface area contributed by atoms with Crippen molar-refractivity contribution in [3.63, 3.8) is 0 Å². The molecule has 2 aromatic rings. The van der Waals surface area contributed by atoms with E-state index >= 15 is 0 Å². The van der Waals surface area contributed by atoms with E-state index in [9.17, 15) is 13.2 Å². The summed E-state index contributed by atoms with van der Waals surface area (Å²) in [5.74, 6) is 0.699. The summed E-state index contributed by atoms with van der Waals surface area (Å²) in [6.07, 6.45) is 1.43. The molecule has 5 nitrogen and oxygen atoms in total. The average Bonchev–Trinajstić information content (AvgIpc) is 3.16. The van der Waals surface area contributed by atoms with Crippen LogP contribution in [0.25, 0.3) is 0 Å². The van der Waals surface area contributed by atoms with Crippen molar-refractivity contribution in [1.82, 2.24) is 9.62 Å². The summed E-state index contributed by atoms with van der Waals surface area (Å²) in [6.45, 7) is 5.63. The van der Waals surface area contributed by atoms with E-state index in [1.807, 2.05) is 35.2 Å². The molecule has 1 saturated heterocycles. The van der Waals surface area contributed by atoms with E-state index in [0.29, 0.717) is 31.3 Å². The van der Waals surface area contributed by atoms with Crippen molar-refractivity contribution >= 4 is 27.3 Å². The van der Waals surface area contributed by atoms with Crippen molar-refractivity contribution in [2.75, 3.05) is 13.1 Å². The first-order valence-corrected chi connectivity index (χ1v) is 11.6. The molecular formula is C20H26N2O3S2. The molecule has 3 rings (SSSR count). The van der Waals surface area contributed by atoms with Gasteiger partial charge in [-0.25, -0.2) is 8.42 Å². The van der Waals surface area contributed by atoms with Crippen molar-refractivity contribution in [1.29, 1.82) is 0 Å². The van der Waals surface area contributed by atoms with Crippen molar-refractivity contribution < 1.29 is 13.2 Å². The number of hydrogen-bond acceptors (Lipinski definition) is 4. The van der Waals surface area contributed by atoms with E-state index in [1.54, 1.807) is 17.5 Å². The summed E-state index contributed by atoms with van der Waals surface area (Å²) in [7, 11) is -3.73. The standard InChI is InChI=1S/C20H26N2O3S2/c1-15-11-16(2)14-22(13-15)20(23)18(12-17-7-4-3-5-8-17)21-27(24,25)19-9-6-10-26-19/h3-10,15-16,18,21H,11-14H2,1-2H3/t15-,16-,18-/m1/s1. The molecule has 27 heavy (non-hydrogen) atoms. The highest BCUT2D eigenvalue weighted by Crippen LogP contribution is 2.23. The average molecular weight is 407 g/mol. The molecule has 1 fully saturated rings. The predicted octanol–water partition coefficient (Wildman–Crippen LogP) is 3.14. The van der Waals surface area contributed by atoms with Gasteiger partial charge >= 0.3 is 0 Å². The molecule has 1 amide bonds. The van der Waals surface area contributed by atoms with Crippen LogP contribution >= 0.6 is 11.3 Å². The van der Waals surface area contributed by atoms with Crippen molar-refractivity contribution in [3.8, 4) is 0 Å². The van der Waals surface area contributed by atoms with E-state index in [1.165, 1.54) is 0 Å². The van der Waals surface area contributed by atoms with E-state index in [4.69, 9.17) is 0 Å². The molecule has 0 radical (unpaired) electrons. The van der Waals surface area contributed by atoms with Crippen LogP contribution < -0.4 is 4.72 Å². The van der Waals surface area contributed by atoms with E-state index in [0.717, 1.165) is 23.3 Å². The third-order valence-electron chi connectivity index (χ3n) is 4.82. The minimum atomic E-state index is -3.73. The smallest absolute Gasteiger partial charge is 0.250 e. The summed E-state index contributed by atoms with van der Waals surface area (Å²) in [5, 5.41) is 1.72. The molecule has 1 aromatic carbocycles. The van der Waals surface area contributed by atoms with Gasteiger partial charge in [-0.2, -0.15) is 4.72 Å². The number of likely N-dealkylation sites (tertiary alicyclic amines) is 1. The van der Waals surface area contributed by atoms with Crippen LogP contribution in [0, 0.1) is 11.8 Å². The van der Waals surface area contributed by atoms with Crippen LogP contribution in [0.15, 0.2) is 52.1 Å². The monoisotopic (exact) mass is 406 g/mol. The fourth-order valence-electron chi connectivity index (χ4n) is 3.75. The molecule has 1 aliphatic heterocycles. The molecule has 3 atom stereocenters. The Balaban J connectivity index is 1.84. The second-order valence-electron chi connectivity index (χ2n) is 7.48. The van der Waals surface area contributed by atoms with Gasteiger partial charge in [-0.1, -0.05) is 50.2 Å². The second-order valence-corrected chi connectivity index (χ2v) is 10.4. The van der Waals surface area contributed by atoms with Crippen molar-refractivity contribution in [2.24, 2.45) is 11.8 Å². The first kappa shape index (κ1) is 20.0. The van der Waals surface area contributed by atoms with Gasteiger partial charge in [0.05, 0.1) is 0 Å². The fourth-order valence-corrected chi connectivity index (χ4v) is 5.95. The van der Waals surface area contributed by atoms with Gasteiger partial charge in [-0.15, -0.1) is 11.3 Å². The molecule has 0 aliphatic carbocycles. The number of benzene rings is 1. The molecular weight excluding hydrogens is 380 g/mol. The Morgan fingerprint density at radius 3 is 2.41 bits per heavy atom. The van der Waals surface area contributed by atoms with Gasteiger partial charge in [0.15, 0.2) is 0 Å². The Morgan fingerprint density at radius 2 is 1.81 bits per heavy atom. The highest BCUT2D eigenvalue weighted by atomic mass is 32.2. The molecule has 0 saturated carbocycles. The number of piperidine rings is 1. The van der Waals surface area contributed by atoms with Gasteiger partial charge in [-0.3, -0.25) is 4.79 Å². The SMILES string of the molecule is C[C@@H]1C[C@@H](C)CN(C(=O)[C@@H](Cc2ccccc2)NS(=O)(=O)c2cccs2)C1. The zero-order chi connectivity index (χ0) is 19.4. The summed E-state index contributed by atoms with van der Waals surface area (Å²) >= 11 is 1.15. The Kier molecular flexibility index (Phi) is 6.34. The third kappa shape index (κ3) is 5.18. The second kappa shape index (κ2) is 8.54. The van der Waals surface area contributed by atoms with E-state index in [2.05, 4.69) is 18.6 Å². The lowest BCUT2D eigenvalue weighted by atomic mass is 9.91. The van der Waals surface area contributed by atoms with E-state index in [-0.39, 0.29) is 10.1 Å². The maximum Gasteiger partial charge on any atom is 0.250 e. The number of hydrogen-bond donors (Lipinski definition) is 1. The molecule has 1 aromatic heterocycles. The maximum absolute atomic E-state index is 13.2. The van der Waals surface area contributed by atoms with Crippen LogP contribution in [0.4, 0.5) is 0 Å². The Hall–Kier alpha value is -1.70. The van der Waals surface area contributed by atoms with Crippen molar-refractivity contribution in [2.45, 2.75) is 36.9 Å². The number of thiophene rings is 1. The zero-order valence-corrected chi connectivity index (χ0v) is 17.3. The topological polar surface area (TPSA) is 66.5 Å². The van der Waals surface area contributed by atoms with Gasteiger partial charge in [0.25, 0.3) is 10.0 Å². The number of carbonyl (C=O) groups excluding carboxylic acids is 1. The number of sulfonamides is 1.